The molecule has 2 rings (SSSR count). The summed E-state index contributed by atoms with van der Waals surface area (Å²) >= 11 is 0. The van der Waals surface area contributed by atoms with E-state index < -0.39 is 0 Å². The van der Waals surface area contributed by atoms with E-state index in [9.17, 15) is 0 Å². The van der Waals surface area contributed by atoms with Crippen molar-refractivity contribution in [3.05, 3.63) is 11.6 Å². The Morgan fingerprint density at radius 2 is 2.40 bits per heavy atom. The van der Waals surface area contributed by atoms with E-state index in [0.29, 0.717) is 12.5 Å². The zero-order chi connectivity index (χ0) is 10.7. The molecule has 2 heterocycles. The monoisotopic (exact) mass is 211 g/mol. The minimum absolute atomic E-state index is 0.251. The molecular formula is C10H17N3O2. The second kappa shape index (κ2) is 4.72. The van der Waals surface area contributed by atoms with E-state index >= 15 is 0 Å². The van der Waals surface area contributed by atoms with Crippen LogP contribution in [0.3, 0.4) is 0 Å². The van der Waals surface area contributed by atoms with Crippen molar-refractivity contribution in [2.75, 3.05) is 20.3 Å². The van der Waals surface area contributed by atoms with Crippen molar-refractivity contribution in [2.24, 2.45) is 5.92 Å². The van der Waals surface area contributed by atoms with E-state index in [1.54, 1.807) is 7.11 Å². The molecular weight excluding hydrogens is 194 g/mol. The van der Waals surface area contributed by atoms with Crippen LogP contribution in [0.1, 0.15) is 18.1 Å². The molecule has 1 aliphatic rings. The van der Waals surface area contributed by atoms with Gasteiger partial charge in [0.2, 0.25) is 0 Å². The summed E-state index contributed by atoms with van der Waals surface area (Å²) in [5, 5.41) is 17.5. The third-order valence-corrected chi connectivity index (χ3v) is 2.91. The number of aliphatic hydroxyl groups excluding tert-OH is 1. The molecule has 5 nitrogen and oxygen atoms in total. The average molecular weight is 211 g/mol. The molecule has 0 aromatic carbocycles. The van der Waals surface area contributed by atoms with Crippen LogP contribution in [0.25, 0.3) is 0 Å². The highest BCUT2D eigenvalue weighted by Gasteiger charge is 2.21. The minimum Gasteiger partial charge on any atom is -0.396 e. The minimum atomic E-state index is 0.251. The SMILES string of the molecule is COCCc1nnc2n1CC(CO)CC2. The first-order valence-electron chi connectivity index (χ1n) is 5.36. The molecule has 15 heavy (non-hydrogen) atoms. The lowest BCUT2D eigenvalue weighted by Gasteiger charge is -2.22. The van der Waals surface area contributed by atoms with E-state index in [1.165, 1.54) is 0 Å². The lowest BCUT2D eigenvalue weighted by Crippen LogP contribution is -2.24. The van der Waals surface area contributed by atoms with Crippen LogP contribution < -0.4 is 0 Å². The second-order valence-electron chi connectivity index (χ2n) is 3.97. The summed E-state index contributed by atoms with van der Waals surface area (Å²) in [7, 11) is 1.68. The van der Waals surface area contributed by atoms with Crippen molar-refractivity contribution >= 4 is 0 Å². The van der Waals surface area contributed by atoms with E-state index in [4.69, 9.17) is 9.84 Å². The average Bonchev–Trinajstić information content (AvgIpc) is 2.68. The van der Waals surface area contributed by atoms with Crippen molar-refractivity contribution in [3.63, 3.8) is 0 Å². The number of aryl methyl sites for hydroxylation is 1. The Labute approximate surface area is 89.1 Å². The Morgan fingerprint density at radius 1 is 1.53 bits per heavy atom. The van der Waals surface area contributed by atoms with Crippen LogP contribution in [0.4, 0.5) is 0 Å². The molecule has 0 saturated heterocycles. The Balaban J connectivity index is 2.10. The predicted molar refractivity (Wildman–Crippen MR) is 54.5 cm³/mol. The summed E-state index contributed by atoms with van der Waals surface area (Å²) < 4.78 is 7.16. The second-order valence-corrected chi connectivity index (χ2v) is 3.97. The first-order chi connectivity index (χ1) is 7.35. The molecule has 1 aromatic rings. The van der Waals surface area contributed by atoms with Crippen molar-refractivity contribution in [2.45, 2.75) is 25.8 Å². The van der Waals surface area contributed by atoms with Gasteiger partial charge in [-0.05, 0) is 6.42 Å². The van der Waals surface area contributed by atoms with Crippen molar-refractivity contribution < 1.29 is 9.84 Å². The van der Waals surface area contributed by atoms with Gasteiger partial charge in [0.1, 0.15) is 11.6 Å². The maximum absolute atomic E-state index is 9.14. The van der Waals surface area contributed by atoms with Gasteiger partial charge < -0.3 is 14.4 Å². The zero-order valence-electron chi connectivity index (χ0n) is 9.02. The Kier molecular flexibility index (Phi) is 3.33. The summed E-state index contributed by atoms with van der Waals surface area (Å²) in [5.41, 5.74) is 0. The van der Waals surface area contributed by atoms with E-state index in [-0.39, 0.29) is 6.61 Å². The van der Waals surface area contributed by atoms with Crippen LogP contribution in [-0.4, -0.2) is 40.2 Å². The molecule has 0 radical (unpaired) electrons. The van der Waals surface area contributed by atoms with Crippen LogP contribution in [0.5, 0.6) is 0 Å². The largest absolute Gasteiger partial charge is 0.396 e. The first kappa shape index (κ1) is 10.6. The number of aromatic nitrogens is 3. The summed E-state index contributed by atoms with van der Waals surface area (Å²) in [6.07, 6.45) is 2.73. The smallest absolute Gasteiger partial charge is 0.135 e. The number of nitrogens with zero attached hydrogens (tertiary/aromatic N) is 3. The quantitative estimate of drug-likeness (QED) is 0.763. The normalized spacial score (nSPS) is 20.3. The molecule has 1 aromatic heterocycles. The highest BCUT2D eigenvalue weighted by Crippen LogP contribution is 2.19. The number of hydrogen-bond donors (Lipinski definition) is 1. The molecule has 0 saturated carbocycles. The van der Waals surface area contributed by atoms with Gasteiger partial charge in [-0.3, -0.25) is 0 Å². The lowest BCUT2D eigenvalue weighted by atomic mass is 10.0. The highest BCUT2D eigenvalue weighted by molar-refractivity contribution is 5.00. The fraction of sp³-hybridized carbons (Fsp3) is 0.800. The summed E-state index contributed by atoms with van der Waals surface area (Å²) in [6.45, 7) is 1.77. The fourth-order valence-electron chi connectivity index (χ4n) is 1.98. The molecule has 1 unspecified atom stereocenters. The van der Waals surface area contributed by atoms with Gasteiger partial charge in [-0.2, -0.15) is 0 Å². The van der Waals surface area contributed by atoms with Gasteiger partial charge in [-0.1, -0.05) is 0 Å². The topological polar surface area (TPSA) is 60.2 Å². The van der Waals surface area contributed by atoms with E-state index in [1.807, 2.05) is 0 Å². The molecule has 5 heteroatoms. The number of hydrogen-bond acceptors (Lipinski definition) is 4. The maximum atomic E-state index is 9.14. The molecule has 1 aliphatic heterocycles. The molecule has 1 N–H and O–H groups in total. The van der Waals surface area contributed by atoms with Crippen LogP contribution >= 0.6 is 0 Å². The molecule has 0 amide bonds. The molecule has 84 valence electrons. The van der Waals surface area contributed by atoms with Crippen LogP contribution in [0.15, 0.2) is 0 Å². The number of methoxy groups -OCH3 is 1. The van der Waals surface area contributed by atoms with Crippen molar-refractivity contribution in [1.29, 1.82) is 0 Å². The first-order valence-corrected chi connectivity index (χ1v) is 5.36. The van der Waals surface area contributed by atoms with Gasteiger partial charge in [0, 0.05) is 39.0 Å². The molecule has 1 atom stereocenters. The third-order valence-electron chi connectivity index (χ3n) is 2.91. The van der Waals surface area contributed by atoms with Gasteiger partial charge in [-0.25, -0.2) is 0 Å². The Morgan fingerprint density at radius 3 is 3.13 bits per heavy atom. The third kappa shape index (κ3) is 2.18. The maximum Gasteiger partial charge on any atom is 0.135 e. The van der Waals surface area contributed by atoms with Crippen molar-refractivity contribution in [1.82, 2.24) is 14.8 Å². The number of ether oxygens (including phenoxy) is 1. The van der Waals surface area contributed by atoms with Crippen LogP contribution in [-0.2, 0) is 24.1 Å². The Bertz CT molecular complexity index is 324. The number of fused-ring (bicyclic) bond motifs is 1. The zero-order valence-corrected chi connectivity index (χ0v) is 9.02. The molecule has 0 spiro atoms. The molecule has 0 bridgehead atoms. The highest BCUT2D eigenvalue weighted by atomic mass is 16.5. The summed E-state index contributed by atoms with van der Waals surface area (Å²) in [4.78, 5) is 0. The summed E-state index contributed by atoms with van der Waals surface area (Å²) in [6, 6.07) is 0. The van der Waals surface area contributed by atoms with E-state index in [0.717, 1.165) is 37.5 Å². The van der Waals surface area contributed by atoms with Crippen LogP contribution in [0.2, 0.25) is 0 Å². The van der Waals surface area contributed by atoms with Gasteiger partial charge in [-0.15, -0.1) is 10.2 Å². The lowest BCUT2D eigenvalue weighted by molar-refractivity contribution is 0.183. The van der Waals surface area contributed by atoms with Gasteiger partial charge in [0.05, 0.1) is 6.61 Å². The van der Waals surface area contributed by atoms with Crippen LogP contribution in [0, 0.1) is 5.92 Å². The Hall–Kier alpha value is -0.940. The number of rotatable bonds is 4. The van der Waals surface area contributed by atoms with Gasteiger partial charge in [0.25, 0.3) is 0 Å². The number of aliphatic hydroxyl groups is 1. The van der Waals surface area contributed by atoms with E-state index in [2.05, 4.69) is 14.8 Å². The summed E-state index contributed by atoms with van der Waals surface area (Å²) in [5.74, 6) is 2.38. The van der Waals surface area contributed by atoms with Gasteiger partial charge in [0.15, 0.2) is 0 Å². The van der Waals surface area contributed by atoms with Gasteiger partial charge >= 0.3 is 0 Å². The predicted octanol–water partition coefficient (Wildman–Crippen LogP) is 0.0217. The molecule has 0 fully saturated rings. The van der Waals surface area contributed by atoms with Crippen molar-refractivity contribution in [3.8, 4) is 0 Å². The molecule has 0 aliphatic carbocycles. The fourth-order valence-corrected chi connectivity index (χ4v) is 1.98. The standard InChI is InChI=1S/C10H17N3O2/c1-15-5-4-10-12-11-9-3-2-8(7-14)6-13(9)10/h8,14H,2-7H2,1H3.